The number of aromatic nitrogens is 2. The Morgan fingerprint density at radius 1 is 0.667 bits per heavy atom. The third kappa shape index (κ3) is 18.1. The Bertz CT molecular complexity index is 2650. The molecule has 0 aliphatic rings. The number of hydrogen-bond acceptors (Lipinski definition) is 10. The van der Waals surface area contributed by atoms with Crippen LogP contribution >= 0.6 is 69.1 Å². The van der Waals surface area contributed by atoms with Crippen LogP contribution in [-0.4, -0.2) is 59.6 Å². The molecule has 0 atom stereocenters. The SMILES string of the molecule is CC(=NCCN(Cc1ccccc1)c1nc(-c2ccc(Cl)c(Cl)c2)c(CC(C)C)s1)NC(=O)OC(C)(C)C.CC(C)Cc1sc(N(CCN=C(N)N)Cc2ccccc2)nc1-c1ccc(Cl)c(Cl)c1. The highest BCUT2D eigenvalue weighted by Gasteiger charge is 2.22. The van der Waals surface area contributed by atoms with E-state index in [9.17, 15) is 4.79 Å². The van der Waals surface area contributed by atoms with Gasteiger partial charge >= 0.3 is 6.09 Å². The average Bonchev–Trinajstić information content (AvgIpc) is 3.89. The molecule has 2 heterocycles. The zero-order valence-corrected chi connectivity index (χ0v) is 45.2. The molecule has 368 valence electrons. The first-order valence-electron chi connectivity index (χ1n) is 22.8. The summed E-state index contributed by atoms with van der Waals surface area (Å²) in [6.45, 7) is 19.7. The van der Waals surface area contributed by atoms with Crippen molar-refractivity contribution in [2.45, 2.75) is 86.9 Å². The number of nitrogens with one attached hydrogen (secondary N) is 1. The standard InChI is InChI=1S/C29H36Cl2N4O2S.C23H27Cl2N5S/c1-19(2)16-25-26(22-12-13-23(30)24(31)17-22)34-27(38-25)35(18-21-10-8-7-9-11-21)15-14-32-20(3)33-28(36)37-29(4,5)6;1-15(2)12-20-21(17-8-9-18(24)19(25)13-17)29-23(31-20)30(11-10-28-22(26)27)14-16-6-4-3-5-7-16/h7-13,17,19H,14-16,18H2,1-6H3,(H,32,33,36);3-9,13,15H,10-12,14H2,1-2H3,(H4,26,27,28). The van der Waals surface area contributed by atoms with Gasteiger partial charge in [-0.2, -0.15) is 0 Å². The van der Waals surface area contributed by atoms with Gasteiger partial charge in [-0.25, -0.2) is 14.8 Å². The number of rotatable bonds is 18. The molecule has 69 heavy (non-hydrogen) atoms. The van der Waals surface area contributed by atoms with Gasteiger partial charge in [0.25, 0.3) is 0 Å². The molecule has 5 N–H and O–H groups in total. The Morgan fingerprint density at radius 2 is 1.09 bits per heavy atom. The quantitative estimate of drug-likeness (QED) is 0.0569. The zero-order chi connectivity index (χ0) is 50.3. The molecule has 6 rings (SSSR count). The van der Waals surface area contributed by atoms with Crippen LogP contribution in [0, 0.1) is 11.8 Å². The lowest BCUT2D eigenvalue weighted by Crippen LogP contribution is -2.35. The minimum absolute atomic E-state index is 0.0933. The largest absolute Gasteiger partial charge is 0.444 e. The molecule has 0 aliphatic heterocycles. The maximum absolute atomic E-state index is 12.1. The van der Waals surface area contributed by atoms with Gasteiger partial charge in [-0.15, -0.1) is 22.7 Å². The predicted octanol–water partition coefficient (Wildman–Crippen LogP) is 13.9. The number of hydrogen-bond donors (Lipinski definition) is 3. The molecule has 0 fully saturated rings. The van der Waals surface area contributed by atoms with E-state index in [1.165, 1.54) is 20.9 Å². The van der Waals surface area contributed by atoms with Gasteiger partial charge in [0.15, 0.2) is 16.2 Å². The number of carbonyl (C=O) groups is 1. The van der Waals surface area contributed by atoms with Crippen molar-refractivity contribution in [3.05, 3.63) is 138 Å². The summed E-state index contributed by atoms with van der Waals surface area (Å²) in [6, 6.07) is 31.9. The molecule has 4 aromatic carbocycles. The normalized spacial score (nSPS) is 11.6. The zero-order valence-electron chi connectivity index (χ0n) is 40.5. The van der Waals surface area contributed by atoms with Crippen LogP contribution < -0.4 is 26.6 Å². The number of thiazole rings is 2. The number of halogens is 4. The monoisotopic (exact) mass is 1050 g/mol. The van der Waals surface area contributed by atoms with Crippen LogP contribution in [0.4, 0.5) is 15.1 Å². The fourth-order valence-electron chi connectivity index (χ4n) is 6.93. The molecule has 17 heteroatoms. The minimum Gasteiger partial charge on any atom is -0.444 e. The first kappa shape index (κ1) is 55.0. The molecule has 1 amide bonds. The molecule has 2 aromatic heterocycles. The highest BCUT2D eigenvalue weighted by Crippen LogP contribution is 2.39. The Labute approximate surface area is 435 Å². The Hall–Kier alpha value is -4.89. The van der Waals surface area contributed by atoms with Crippen LogP contribution in [-0.2, 0) is 30.7 Å². The third-order valence-corrected chi connectivity index (χ3v) is 13.7. The molecular weight excluding hydrogens is 989 g/mol. The van der Waals surface area contributed by atoms with Crippen molar-refractivity contribution in [2.75, 3.05) is 36.0 Å². The average molecular weight is 1050 g/mol. The van der Waals surface area contributed by atoms with Crippen molar-refractivity contribution in [2.24, 2.45) is 33.3 Å². The second-order valence-corrected chi connectivity index (χ2v) is 22.0. The molecule has 6 aromatic rings. The van der Waals surface area contributed by atoms with Gasteiger partial charge in [0.2, 0.25) is 0 Å². The molecule has 11 nitrogen and oxygen atoms in total. The second-order valence-electron chi connectivity index (χ2n) is 18.2. The first-order chi connectivity index (χ1) is 32.7. The highest BCUT2D eigenvalue weighted by molar-refractivity contribution is 7.16. The summed E-state index contributed by atoms with van der Waals surface area (Å²) >= 11 is 28.4. The van der Waals surface area contributed by atoms with Crippen LogP contribution in [0.3, 0.4) is 0 Å². The fraction of sp³-hybridized carbons (Fsp3) is 0.365. The van der Waals surface area contributed by atoms with E-state index < -0.39 is 11.7 Å². The third-order valence-electron chi connectivity index (χ3n) is 9.98. The minimum atomic E-state index is -0.568. The van der Waals surface area contributed by atoms with Gasteiger partial charge in [-0.3, -0.25) is 15.3 Å². The smallest absolute Gasteiger partial charge is 0.413 e. The van der Waals surface area contributed by atoms with E-state index in [0.717, 1.165) is 52.2 Å². The number of benzene rings is 4. The van der Waals surface area contributed by atoms with E-state index in [0.29, 0.717) is 70.5 Å². The number of amidine groups is 1. The highest BCUT2D eigenvalue weighted by atomic mass is 35.5. The van der Waals surface area contributed by atoms with Crippen molar-refractivity contribution in [3.8, 4) is 22.5 Å². The van der Waals surface area contributed by atoms with E-state index in [1.807, 2.05) is 93.6 Å². The van der Waals surface area contributed by atoms with Crippen molar-refractivity contribution in [1.29, 1.82) is 0 Å². The van der Waals surface area contributed by atoms with Gasteiger partial charge < -0.3 is 26.0 Å². The van der Waals surface area contributed by atoms with Crippen molar-refractivity contribution in [1.82, 2.24) is 15.3 Å². The van der Waals surface area contributed by atoms with Crippen LogP contribution in [0.15, 0.2) is 107 Å². The van der Waals surface area contributed by atoms with Crippen molar-refractivity contribution < 1.29 is 9.53 Å². The van der Waals surface area contributed by atoms with E-state index in [1.54, 1.807) is 29.6 Å². The molecule has 0 bridgehead atoms. The lowest BCUT2D eigenvalue weighted by molar-refractivity contribution is 0.0562. The summed E-state index contributed by atoms with van der Waals surface area (Å²) in [6.07, 6.45) is 1.33. The van der Waals surface area contributed by atoms with Crippen LogP contribution in [0.5, 0.6) is 0 Å². The number of carbonyl (C=O) groups excluding carboxylic acids is 1. The first-order valence-corrected chi connectivity index (χ1v) is 25.9. The van der Waals surface area contributed by atoms with E-state index in [2.05, 4.69) is 77.1 Å². The molecule has 0 aliphatic carbocycles. The Balaban J connectivity index is 0.000000263. The van der Waals surface area contributed by atoms with Crippen LogP contribution in [0.2, 0.25) is 20.1 Å². The predicted molar refractivity (Wildman–Crippen MR) is 295 cm³/mol. The number of nitrogens with zero attached hydrogens (tertiary/aromatic N) is 6. The van der Waals surface area contributed by atoms with Gasteiger partial charge in [0.05, 0.1) is 44.6 Å². The van der Waals surface area contributed by atoms with Crippen LogP contribution in [0.25, 0.3) is 22.5 Å². The molecule has 0 saturated carbocycles. The van der Waals surface area contributed by atoms with Gasteiger partial charge in [-0.1, -0.05) is 147 Å². The number of anilines is 2. The van der Waals surface area contributed by atoms with E-state index in [-0.39, 0.29) is 5.96 Å². The molecule has 0 unspecified atom stereocenters. The summed E-state index contributed by atoms with van der Waals surface area (Å²) in [7, 11) is 0. The van der Waals surface area contributed by atoms with E-state index in [4.69, 9.17) is 72.6 Å². The summed E-state index contributed by atoms with van der Waals surface area (Å²) in [4.78, 5) is 37.8. The second kappa shape index (κ2) is 26.4. The number of ether oxygens (including phenoxy) is 1. The molecule has 0 saturated heterocycles. The van der Waals surface area contributed by atoms with Gasteiger partial charge in [-0.05, 0) is 87.8 Å². The number of aliphatic imine (C=N–C) groups is 2. The Kier molecular flexibility index (Phi) is 21.0. The fourth-order valence-corrected chi connectivity index (χ4v) is 10.2. The molecule has 0 radical (unpaired) electrons. The van der Waals surface area contributed by atoms with Crippen molar-refractivity contribution >= 4 is 97.2 Å². The lowest BCUT2D eigenvalue weighted by Gasteiger charge is -2.22. The summed E-state index contributed by atoms with van der Waals surface area (Å²) in [5.74, 6) is 1.57. The number of amides is 1. The number of nitrogens with two attached hydrogens (primary N) is 2. The van der Waals surface area contributed by atoms with Crippen LogP contribution in [0.1, 0.15) is 76.3 Å². The molecule has 0 spiro atoms. The lowest BCUT2D eigenvalue weighted by atomic mass is 10.0. The Morgan fingerprint density at radius 3 is 1.46 bits per heavy atom. The van der Waals surface area contributed by atoms with Crippen molar-refractivity contribution in [3.63, 3.8) is 0 Å². The number of guanidine groups is 1. The molecular formula is C52H63Cl4N9O2S2. The summed E-state index contributed by atoms with van der Waals surface area (Å²) < 4.78 is 5.32. The maximum Gasteiger partial charge on any atom is 0.413 e. The topological polar surface area (TPSA) is 147 Å². The number of alkyl carbamates (subject to hydrolysis) is 1. The van der Waals surface area contributed by atoms with Gasteiger partial charge in [0, 0.05) is 47.1 Å². The summed E-state index contributed by atoms with van der Waals surface area (Å²) in [5, 5.41) is 6.65. The van der Waals surface area contributed by atoms with Gasteiger partial charge in [0.1, 0.15) is 11.4 Å². The van der Waals surface area contributed by atoms with E-state index >= 15 is 0 Å². The maximum atomic E-state index is 12.1. The summed E-state index contributed by atoms with van der Waals surface area (Å²) in [5.41, 5.74) is 16.7.